The molecule has 0 spiro atoms. The monoisotopic (exact) mass is 457 g/mol. The van der Waals surface area contributed by atoms with Crippen LogP contribution >= 0.6 is 0 Å². The quantitative estimate of drug-likeness (QED) is 0.457. The number of aromatic nitrogens is 4. The van der Waals surface area contributed by atoms with Crippen LogP contribution in [0.25, 0.3) is 28.3 Å². The molecule has 4 rings (SSSR count). The molecule has 0 bridgehead atoms. The van der Waals surface area contributed by atoms with Crippen molar-refractivity contribution in [2.45, 2.75) is 18.0 Å². The number of halogens is 3. The molecule has 0 aliphatic carbocycles. The maximum Gasteiger partial charge on any atom is 0.435 e. The molecule has 0 atom stereocenters. The molecular weight excluding hydrogens is 443 g/mol. The third kappa shape index (κ3) is 3.92. The van der Waals surface area contributed by atoms with Crippen molar-refractivity contribution >= 4 is 15.5 Å². The van der Waals surface area contributed by atoms with Crippen LogP contribution in [0, 0.1) is 11.3 Å². The van der Waals surface area contributed by atoms with Crippen LogP contribution in [0.2, 0.25) is 0 Å². The highest BCUT2D eigenvalue weighted by atomic mass is 32.2. The molecule has 0 amide bonds. The Morgan fingerprint density at radius 1 is 1.03 bits per heavy atom. The average molecular weight is 457 g/mol. The SMILES string of the molecule is CCS(=O)(=O)c1ccc(-c2ccc(C#N)cc2)nc1-c1ccn2nc(C(F)(F)F)cc2n1. The van der Waals surface area contributed by atoms with E-state index in [0.717, 1.165) is 10.6 Å². The Morgan fingerprint density at radius 3 is 2.38 bits per heavy atom. The van der Waals surface area contributed by atoms with Crippen molar-refractivity contribution in [3.63, 3.8) is 0 Å². The second-order valence-electron chi connectivity index (χ2n) is 6.78. The Hall–Kier alpha value is -3.78. The summed E-state index contributed by atoms with van der Waals surface area (Å²) in [5.41, 5.74) is 0.413. The Balaban J connectivity index is 1.91. The highest BCUT2D eigenvalue weighted by molar-refractivity contribution is 7.91. The molecule has 4 aromatic rings. The van der Waals surface area contributed by atoms with E-state index in [-0.39, 0.29) is 27.7 Å². The summed E-state index contributed by atoms with van der Waals surface area (Å²) < 4.78 is 65.3. The minimum absolute atomic E-state index is 0.0194. The van der Waals surface area contributed by atoms with Gasteiger partial charge in [0.2, 0.25) is 0 Å². The van der Waals surface area contributed by atoms with Crippen molar-refractivity contribution in [3.8, 4) is 28.7 Å². The number of sulfone groups is 1. The fourth-order valence-corrected chi connectivity index (χ4v) is 4.09. The first-order valence-electron chi connectivity index (χ1n) is 9.31. The van der Waals surface area contributed by atoms with E-state index >= 15 is 0 Å². The zero-order valence-corrected chi connectivity index (χ0v) is 17.3. The summed E-state index contributed by atoms with van der Waals surface area (Å²) in [5, 5.41) is 12.4. The van der Waals surface area contributed by atoms with Gasteiger partial charge in [-0.15, -0.1) is 0 Å². The number of fused-ring (bicyclic) bond motifs is 1. The Kier molecular flexibility index (Phi) is 5.18. The standard InChI is InChI=1S/C21H14F3N5O2S/c1-2-32(30,31)17-8-7-15(14-5-3-13(12-25)4-6-14)27-20(17)16-9-10-29-19(26-16)11-18(28-29)21(22,23)24/h3-11H,2H2,1H3. The van der Waals surface area contributed by atoms with Crippen LogP contribution in [0.15, 0.2) is 59.6 Å². The van der Waals surface area contributed by atoms with Crippen molar-refractivity contribution in [2.24, 2.45) is 0 Å². The normalized spacial score (nSPS) is 12.1. The molecule has 0 saturated heterocycles. The second kappa shape index (κ2) is 7.72. The number of benzene rings is 1. The number of alkyl halides is 3. The van der Waals surface area contributed by atoms with E-state index in [1.165, 1.54) is 31.3 Å². The third-order valence-electron chi connectivity index (χ3n) is 4.74. The van der Waals surface area contributed by atoms with E-state index in [4.69, 9.17) is 5.26 Å². The van der Waals surface area contributed by atoms with E-state index in [1.54, 1.807) is 24.3 Å². The molecule has 0 fully saturated rings. The number of nitriles is 1. The van der Waals surface area contributed by atoms with Crippen LogP contribution in [0.3, 0.4) is 0 Å². The molecule has 0 aliphatic heterocycles. The number of pyridine rings is 1. The summed E-state index contributed by atoms with van der Waals surface area (Å²) in [6.45, 7) is 1.48. The molecule has 3 heterocycles. The Bertz CT molecular complexity index is 1470. The molecule has 3 aromatic heterocycles. The number of nitrogens with zero attached hydrogens (tertiary/aromatic N) is 5. The fraction of sp³-hybridized carbons (Fsp3) is 0.143. The van der Waals surface area contributed by atoms with Crippen molar-refractivity contribution in [1.82, 2.24) is 19.6 Å². The van der Waals surface area contributed by atoms with Gasteiger partial charge in [-0.05, 0) is 30.3 Å². The largest absolute Gasteiger partial charge is 0.435 e. The predicted octanol–water partition coefficient (Wildman–Crippen LogP) is 4.14. The maximum atomic E-state index is 13.0. The van der Waals surface area contributed by atoms with Gasteiger partial charge in [0, 0.05) is 17.8 Å². The summed E-state index contributed by atoms with van der Waals surface area (Å²) in [7, 11) is -3.71. The minimum Gasteiger partial charge on any atom is -0.245 e. The number of hydrogen-bond donors (Lipinski definition) is 0. The summed E-state index contributed by atoms with van der Waals surface area (Å²) in [5.74, 6) is -0.189. The van der Waals surface area contributed by atoms with Crippen LogP contribution in [0.1, 0.15) is 18.2 Å². The molecule has 1 aromatic carbocycles. The van der Waals surface area contributed by atoms with E-state index < -0.39 is 21.7 Å². The van der Waals surface area contributed by atoms with Crippen LogP contribution in [-0.4, -0.2) is 33.8 Å². The van der Waals surface area contributed by atoms with Crippen molar-refractivity contribution in [3.05, 3.63) is 66.0 Å². The zero-order chi connectivity index (χ0) is 23.1. The third-order valence-corrected chi connectivity index (χ3v) is 6.50. The molecule has 0 unspecified atom stereocenters. The van der Waals surface area contributed by atoms with Gasteiger partial charge >= 0.3 is 6.18 Å². The first-order chi connectivity index (χ1) is 15.1. The Labute approximate surface area is 180 Å². The van der Waals surface area contributed by atoms with Crippen LogP contribution in [-0.2, 0) is 16.0 Å². The number of rotatable bonds is 4. The molecule has 11 heteroatoms. The Morgan fingerprint density at radius 2 is 1.75 bits per heavy atom. The smallest absolute Gasteiger partial charge is 0.245 e. The van der Waals surface area contributed by atoms with Gasteiger partial charge < -0.3 is 0 Å². The van der Waals surface area contributed by atoms with Gasteiger partial charge in [-0.25, -0.2) is 22.9 Å². The van der Waals surface area contributed by atoms with Crippen molar-refractivity contribution in [1.29, 1.82) is 5.26 Å². The zero-order valence-electron chi connectivity index (χ0n) is 16.5. The minimum atomic E-state index is -4.64. The van der Waals surface area contributed by atoms with Crippen molar-refractivity contribution in [2.75, 3.05) is 5.75 Å². The molecule has 7 nitrogen and oxygen atoms in total. The summed E-state index contributed by atoms with van der Waals surface area (Å²) >= 11 is 0. The van der Waals surface area contributed by atoms with Gasteiger partial charge in [-0.3, -0.25) is 0 Å². The molecule has 0 radical (unpaired) electrons. The van der Waals surface area contributed by atoms with E-state index in [1.807, 2.05) is 6.07 Å². The summed E-state index contributed by atoms with van der Waals surface area (Å²) in [6, 6.07) is 13.6. The topological polar surface area (TPSA) is 101 Å². The molecule has 0 saturated carbocycles. The number of hydrogen-bond acceptors (Lipinski definition) is 6. The lowest BCUT2D eigenvalue weighted by molar-refractivity contribution is -0.141. The second-order valence-corrected chi connectivity index (χ2v) is 9.03. The first-order valence-corrected chi connectivity index (χ1v) is 11.0. The van der Waals surface area contributed by atoms with E-state index in [0.29, 0.717) is 16.8 Å². The van der Waals surface area contributed by atoms with Crippen molar-refractivity contribution < 1.29 is 21.6 Å². The first kappa shape index (κ1) is 21.5. The lowest BCUT2D eigenvalue weighted by atomic mass is 10.1. The van der Waals surface area contributed by atoms with Gasteiger partial charge in [0.05, 0.1) is 33.7 Å². The molecule has 0 aliphatic rings. The molecular formula is C21H14F3N5O2S. The summed E-state index contributed by atoms with van der Waals surface area (Å²) in [4.78, 5) is 8.57. The van der Waals surface area contributed by atoms with Gasteiger partial charge in [0.25, 0.3) is 0 Å². The highest BCUT2D eigenvalue weighted by Gasteiger charge is 2.34. The summed E-state index contributed by atoms with van der Waals surface area (Å²) in [6.07, 6.45) is -3.37. The van der Waals surface area contributed by atoms with Crippen LogP contribution < -0.4 is 0 Å². The lowest BCUT2D eigenvalue weighted by Crippen LogP contribution is -2.08. The lowest BCUT2D eigenvalue weighted by Gasteiger charge is -2.11. The fourth-order valence-electron chi connectivity index (χ4n) is 3.06. The highest BCUT2D eigenvalue weighted by Crippen LogP contribution is 2.31. The van der Waals surface area contributed by atoms with Gasteiger partial charge in [0.1, 0.15) is 5.69 Å². The van der Waals surface area contributed by atoms with Gasteiger partial charge in [-0.1, -0.05) is 19.1 Å². The van der Waals surface area contributed by atoms with Gasteiger partial charge in [-0.2, -0.15) is 23.5 Å². The molecule has 162 valence electrons. The maximum absolute atomic E-state index is 13.0. The van der Waals surface area contributed by atoms with E-state index in [2.05, 4.69) is 15.1 Å². The van der Waals surface area contributed by atoms with Crippen LogP contribution in [0.5, 0.6) is 0 Å². The predicted molar refractivity (Wildman–Crippen MR) is 109 cm³/mol. The molecule has 32 heavy (non-hydrogen) atoms. The van der Waals surface area contributed by atoms with Crippen LogP contribution in [0.4, 0.5) is 13.2 Å². The molecule has 0 N–H and O–H groups in total. The van der Waals surface area contributed by atoms with Gasteiger partial charge in [0.15, 0.2) is 21.2 Å². The van der Waals surface area contributed by atoms with E-state index in [9.17, 15) is 21.6 Å². The average Bonchev–Trinajstić information content (AvgIpc) is 3.23.